The zero-order valence-electron chi connectivity index (χ0n) is 18.1. The summed E-state index contributed by atoms with van der Waals surface area (Å²) in [6.07, 6.45) is -0.00421. The molecule has 0 unspecified atom stereocenters. The number of halogens is 3. The Kier molecular flexibility index (Phi) is 7.68. The molecule has 0 aliphatic carbocycles. The number of rotatable bonds is 6. The van der Waals surface area contributed by atoms with E-state index in [0.717, 1.165) is 0 Å². The van der Waals surface area contributed by atoms with Gasteiger partial charge in [0.15, 0.2) is 11.7 Å². The van der Waals surface area contributed by atoms with Gasteiger partial charge in [-0.1, -0.05) is 46.9 Å². The molecule has 182 valence electrons. The molecule has 3 aromatic carbocycles. The van der Waals surface area contributed by atoms with E-state index in [1.807, 2.05) is 0 Å². The predicted molar refractivity (Wildman–Crippen MR) is 137 cm³/mol. The van der Waals surface area contributed by atoms with Gasteiger partial charge in [0.25, 0.3) is 15.9 Å². The van der Waals surface area contributed by atoms with E-state index >= 15 is 0 Å². The van der Waals surface area contributed by atoms with Crippen molar-refractivity contribution in [1.29, 1.82) is 0 Å². The van der Waals surface area contributed by atoms with E-state index in [0.29, 0.717) is 32.5 Å². The summed E-state index contributed by atoms with van der Waals surface area (Å²) in [7, 11) is -3.61. The Morgan fingerprint density at radius 3 is 2.40 bits per heavy atom. The van der Waals surface area contributed by atoms with Crippen molar-refractivity contribution in [2.45, 2.75) is 6.42 Å². The molecule has 1 fully saturated rings. The molecule has 11 heteroatoms. The van der Waals surface area contributed by atoms with Gasteiger partial charge in [-0.05, 0) is 54.1 Å². The molecule has 1 aliphatic rings. The van der Waals surface area contributed by atoms with Crippen LogP contribution >= 0.6 is 34.8 Å². The minimum Gasteiger partial charge on any atom is -0.362 e. The maximum atomic E-state index is 12.9. The summed E-state index contributed by atoms with van der Waals surface area (Å²) < 4.78 is 30.7. The standard InChI is InChI=1S/C24H19Cl3N2O5S/c25-20-8-5-16(11-15(20)12-23(30)18-3-1-2-4-21(18)26)28-24(31)19-7-6-17(13-22(19)27)29-9-10-34-14-35(29,32)33/h1-8,11,13H,9-10,12,14H2,(H,28,31). The average molecular weight is 554 g/mol. The fourth-order valence-electron chi connectivity index (χ4n) is 3.59. The van der Waals surface area contributed by atoms with Gasteiger partial charge in [-0.2, -0.15) is 0 Å². The molecule has 7 nitrogen and oxygen atoms in total. The smallest absolute Gasteiger partial charge is 0.259 e. The quantitative estimate of drug-likeness (QED) is 0.410. The molecule has 0 atom stereocenters. The highest BCUT2D eigenvalue weighted by Gasteiger charge is 2.27. The Bertz CT molecular complexity index is 1410. The van der Waals surface area contributed by atoms with Crippen LogP contribution in [-0.4, -0.2) is 39.2 Å². The summed E-state index contributed by atoms with van der Waals surface area (Å²) in [4.78, 5) is 25.6. The number of ether oxygens (including phenoxy) is 1. The molecule has 1 amide bonds. The number of hydrogen-bond acceptors (Lipinski definition) is 5. The van der Waals surface area contributed by atoms with Gasteiger partial charge >= 0.3 is 0 Å². The maximum Gasteiger partial charge on any atom is 0.259 e. The van der Waals surface area contributed by atoms with E-state index in [9.17, 15) is 18.0 Å². The fourth-order valence-corrected chi connectivity index (χ4v) is 5.52. The monoisotopic (exact) mass is 552 g/mol. The lowest BCUT2D eigenvalue weighted by molar-refractivity contribution is 0.0991. The summed E-state index contributed by atoms with van der Waals surface area (Å²) in [6.45, 7) is 0.418. The second-order valence-electron chi connectivity index (χ2n) is 7.71. The molecule has 1 heterocycles. The SMILES string of the molecule is O=C(Cc1cc(NC(=O)c2ccc(N3CCOCS3(=O)=O)cc2Cl)ccc1Cl)c1ccccc1Cl. The molecule has 1 N–H and O–H groups in total. The number of benzene rings is 3. The number of nitrogens with zero attached hydrogens (tertiary/aromatic N) is 1. The molecule has 35 heavy (non-hydrogen) atoms. The first kappa shape index (κ1) is 25.5. The molecular formula is C24H19Cl3N2O5S. The summed E-state index contributed by atoms with van der Waals surface area (Å²) >= 11 is 18.7. The van der Waals surface area contributed by atoms with Crippen molar-refractivity contribution >= 4 is 67.9 Å². The van der Waals surface area contributed by atoms with Crippen LogP contribution in [0, 0.1) is 0 Å². The van der Waals surface area contributed by atoms with Gasteiger partial charge in [0.1, 0.15) is 0 Å². The zero-order chi connectivity index (χ0) is 25.2. The highest BCUT2D eigenvalue weighted by atomic mass is 35.5. The lowest BCUT2D eigenvalue weighted by Gasteiger charge is -2.28. The first-order valence-electron chi connectivity index (χ1n) is 10.4. The van der Waals surface area contributed by atoms with Crippen LogP contribution in [0.2, 0.25) is 15.1 Å². The van der Waals surface area contributed by atoms with Crippen molar-refractivity contribution < 1.29 is 22.7 Å². The highest BCUT2D eigenvalue weighted by Crippen LogP contribution is 2.29. The summed E-state index contributed by atoms with van der Waals surface area (Å²) in [5.41, 5.74) is 1.82. The van der Waals surface area contributed by atoms with Crippen LogP contribution in [0.4, 0.5) is 11.4 Å². The van der Waals surface area contributed by atoms with Gasteiger partial charge in [0.2, 0.25) is 0 Å². The number of anilines is 2. The van der Waals surface area contributed by atoms with Crippen molar-refractivity contribution in [3.8, 4) is 0 Å². The average Bonchev–Trinajstić information content (AvgIpc) is 2.81. The Morgan fingerprint density at radius 1 is 0.914 bits per heavy atom. The van der Waals surface area contributed by atoms with Crippen molar-refractivity contribution in [2.75, 3.05) is 28.7 Å². The third-order valence-corrected chi connectivity index (χ3v) is 7.86. The number of nitrogens with one attached hydrogen (secondary N) is 1. The molecule has 0 radical (unpaired) electrons. The topological polar surface area (TPSA) is 92.8 Å². The van der Waals surface area contributed by atoms with Crippen LogP contribution in [0.15, 0.2) is 60.7 Å². The molecule has 3 aromatic rings. The number of hydrogen-bond donors (Lipinski definition) is 1. The second kappa shape index (κ2) is 10.6. The number of carbonyl (C=O) groups excluding carboxylic acids is 2. The van der Waals surface area contributed by atoms with E-state index in [4.69, 9.17) is 39.5 Å². The molecule has 0 bridgehead atoms. The molecular weight excluding hydrogens is 535 g/mol. The highest BCUT2D eigenvalue weighted by molar-refractivity contribution is 7.92. The summed E-state index contributed by atoms with van der Waals surface area (Å²) in [6, 6.07) is 15.9. The lowest BCUT2D eigenvalue weighted by Crippen LogP contribution is -2.41. The maximum absolute atomic E-state index is 12.9. The fraction of sp³-hybridized carbons (Fsp3) is 0.167. The van der Waals surface area contributed by atoms with Crippen LogP contribution < -0.4 is 9.62 Å². The third kappa shape index (κ3) is 5.79. The Balaban J connectivity index is 1.51. The van der Waals surface area contributed by atoms with E-state index < -0.39 is 21.9 Å². The van der Waals surface area contributed by atoms with E-state index in [-0.39, 0.29) is 35.9 Å². The number of carbonyl (C=O) groups is 2. The van der Waals surface area contributed by atoms with E-state index in [1.54, 1.807) is 42.5 Å². The van der Waals surface area contributed by atoms with Gasteiger partial charge in [-0.25, -0.2) is 8.42 Å². The molecule has 1 saturated heterocycles. The molecule has 1 aliphatic heterocycles. The predicted octanol–water partition coefficient (Wildman–Crippen LogP) is 5.45. The van der Waals surface area contributed by atoms with Gasteiger partial charge in [0.05, 0.1) is 34.4 Å². The van der Waals surface area contributed by atoms with Crippen molar-refractivity contribution in [3.05, 3.63) is 92.4 Å². The first-order chi connectivity index (χ1) is 16.7. The lowest BCUT2D eigenvalue weighted by atomic mass is 10.0. The van der Waals surface area contributed by atoms with Crippen LogP contribution in [0.25, 0.3) is 0 Å². The summed E-state index contributed by atoms with van der Waals surface area (Å²) in [5, 5.41) is 3.54. The largest absolute Gasteiger partial charge is 0.362 e. The summed E-state index contributed by atoms with van der Waals surface area (Å²) in [5.74, 6) is -1.13. The Morgan fingerprint density at radius 2 is 1.69 bits per heavy atom. The number of sulfonamides is 1. The normalized spacial score (nSPS) is 15.0. The zero-order valence-corrected chi connectivity index (χ0v) is 21.2. The first-order valence-corrected chi connectivity index (χ1v) is 13.2. The van der Waals surface area contributed by atoms with E-state index in [2.05, 4.69) is 5.32 Å². The number of Topliss-reactive ketones (excluding diaryl/α,β-unsaturated/α-hetero) is 1. The van der Waals surface area contributed by atoms with Crippen LogP contribution in [0.3, 0.4) is 0 Å². The number of ketones is 1. The minimum absolute atomic E-state index is 0.00421. The Labute approximate surface area is 217 Å². The Hall–Kier alpha value is -2.62. The van der Waals surface area contributed by atoms with Gasteiger partial charge in [0, 0.05) is 22.7 Å². The van der Waals surface area contributed by atoms with Gasteiger partial charge in [-0.15, -0.1) is 0 Å². The van der Waals surface area contributed by atoms with Gasteiger partial charge < -0.3 is 10.1 Å². The van der Waals surface area contributed by atoms with Crippen LogP contribution in [0.1, 0.15) is 26.3 Å². The van der Waals surface area contributed by atoms with Gasteiger partial charge in [-0.3, -0.25) is 13.9 Å². The number of amides is 1. The van der Waals surface area contributed by atoms with Crippen molar-refractivity contribution in [1.82, 2.24) is 0 Å². The second-order valence-corrected chi connectivity index (χ2v) is 10.8. The molecule has 0 saturated carbocycles. The third-order valence-electron chi connectivity index (χ3n) is 5.32. The van der Waals surface area contributed by atoms with E-state index in [1.165, 1.54) is 22.5 Å². The minimum atomic E-state index is -3.61. The molecule has 0 aromatic heterocycles. The van der Waals surface area contributed by atoms with Crippen LogP contribution in [0.5, 0.6) is 0 Å². The molecule has 0 spiro atoms. The van der Waals surface area contributed by atoms with Crippen LogP contribution in [-0.2, 0) is 21.2 Å². The molecule has 4 rings (SSSR count). The van der Waals surface area contributed by atoms with Crippen molar-refractivity contribution in [3.63, 3.8) is 0 Å². The van der Waals surface area contributed by atoms with Crippen molar-refractivity contribution in [2.24, 2.45) is 0 Å².